The highest BCUT2D eigenvalue weighted by Crippen LogP contribution is 2.67. The number of ether oxygens (including phenoxy) is 3. The maximum Gasteiger partial charge on any atom is 0.511 e. The van der Waals surface area contributed by atoms with E-state index in [1.807, 2.05) is 67.8 Å². The van der Waals surface area contributed by atoms with E-state index in [-0.39, 0.29) is 28.9 Å². The zero-order valence-electron chi connectivity index (χ0n) is 32.5. The number of benzene rings is 1. The summed E-state index contributed by atoms with van der Waals surface area (Å²) in [4.78, 5) is 50.4. The second-order valence-electron chi connectivity index (χ2n) is 17.0. The Kier molecular flexibility index (Phi) is 14.2. The second-order valence-corrected chi connectivity index (χ2v) is 20.3. The summed E-state index contributed by atoms with van der Waals surface area (Å²) in [6.45, 7) is 16.5. The number of rotatable bonds is 11. The Labute approximate surface area is 356 Å². The summed E-state index contributed by atoms with van der Waals surface area (Å²) in [5, 5.41) is 5.49. The molecule has 53 heavy (non-hydrogen) atoms. The number of hydrogen-bond donors (Lipinski definition) is 2. The molecule has 0 spiro atoms. The fourth-order valence-corrected chi connectivity index (χ4v) is 14.8. The first-order chi connectivity index (χ1) is 24.9. The number of amides is 2. The van der Waals surface area contributed by atoms with Gasteiger partial charge in [0.25, 0.3) is 0 Å². The van der Waals surface area contributed by atoms with Crippen LogP contribution in [0.4, 0.5) is 16.2 Å². The summed E-state index contributed by atoms with van der Waals surface area (Å²) in [6, 6.07) is 0. The van der Waals surface area contributed by atoms with Gasteiger partial charge in [-0.15, -0.1) is 0 Å². The molecule has 0 aliphatic heterocycles. The molecule has 9 nitrogen and oxygen atoms in total. The van der Waals surface area contributed by atoms with Crippen LogP contribution < -0.4 is 10.6 Å². The Balaban J connectivity index is 1.19. The van der Waals surface area contributed by atoms with Crippen LogP contribution in [0.15, 0.2) is 11.6 Å². The van der Waals surface area contributed by atoms with E-state index in [4.69, 9.17) is 14.2 Å². The molecule has 4 aliphatic rings. The fourth-order valence-electron chi connectivity index (χ4n) is 10.7. The quantitative estimate of drug-likeness (QED) is 0.0980. The van der Waals surface area contributed by atoms with Crippen LogP contribution in [0.1, 0.15) is 136 Å². The lowest BCUT2D eigenvalue weighted by molar-refractivity contribution is -0.115. The van der Waals surface area contributed by atoms with E-state index < -0.39 is 18.4 Å². The minimum absolute atomic E-state index is 0.131. The summed E-state index contributed by atoms with van der Waals surface area (Å²) in [5.41, 5.74) is 2.91. The Morgan fingerprint density at radius 2 is 1.47 bits per heavy atom. The van der Waals surface area contributed by atoms with Crippen molar-refractivity contribution in [3.63, 3.8) is 0 Å². The molecule has 1 aromatic carbocycles. The molecule has 2 N–H and O–H groups in total. The van der Waals surface area contributed by atoms with Crippen LogP contribution in [-0.4, -0.2) is 36.3 Å². The van der Waals surface area contributed by atoms with Gasteiger partial charge in [-0.3, -0.25) is 9.59 Å². The van der Waals surface area contributed by atoms with Gasteiger partial charge in [-0.25, -0.2) is 9.59 Å². The molecule has 5 rings (SSSR count). The predicted octanol–water partition coefficient (Wildman–Crippen LogP) is 11.5. The van der Waals surface area contributed by atoms with Crippen LogP contribution >= 0.6 is 67.8 Å². The summed E-state index contributed by atoms with van der Waals surface area (Å²) >= 11 is 5.96. The number of esters is 1. The molecular weight excluding hydrogens is 1010 g/mol. The highest BCUT2D eigenvalue weighted by molar-refractivity contribution is 14.1. The standard InChI is InChI=1S/C41H57I3N2O7/c1-21(2)10-9-11-22(3)29-14-15-30-28-13-12-26-20-27(16-18-40(26,7)31(28)17-19-41(29,30)8)53-39(50)52-25(6)51-38(49)32-33(42)36(45-23(4)47)35(44)37(34(32)43)46-24(5)48/h12,21-22,25,27-31H,9-11,13-20H2,1-8H3,(H,45,47)(H,46,48)/t22-,25?,27+,28+,29-,30?,31?,40+,41-/m1/s1. The number of anilines is 2. The lowest BCUT2D eigenvalue weighted by atomic mass is 9.47. The van der Waals surface area contributed by atoms with Crippen molar-refractivity contribution in [2.75, 3.05) is 10.6 Å². The molecule has 1 aromatic rings. The highest BCUT2D eigenvalue weighted by atomic mass is 127. The van der Waals surface area contributed by atoms with E-state index in [2.05, 4.69) is 51.3 Å². The minimum atomic E-state index is -1.23. The number of carbonyl (C=O) groups excluding carboxylic acids is 4. The third-order valence-electron chi connectivity index (χ3n) is 13.2. The van der Waals surface area contributed by atoms with Crippen molar-refractivity contribution in [3.8, 4) is 0 Å². The maximum atomic E-state index is 13.5. The Hall–Kier alpha value is -1.17. The molecule has 3 unspecified atom stereocenters. The topological polar surface area (TPSA) is 120 Å². The second kappa shape index (κ2) is 17.5. The molecule has 4 aliphatic carbocycles. The summed E-state index contributed by atoms with van der Waals surface area (Å²) in [7, 11) is 0. The van der Waals surface area contributed by atoms with Crippen LogP contribution in [0.25, 0.3) is 0 Å². The molecule has 0 radical (unpaired) electrons. The molecule has 2 amide bonds. The van der Waals surface area contributed by atoms with Crippen molar-refractivity contribution >= 4 is 103 Å². The van der Waals surface area contributed by atoms with Gasteiger partial charge >= 0.3 is 12.1 Å². The summed E-state index contributed by atoms with van der Waals surface area (Å²) < 4.78 is 18.3. The lowest BCUT2D eigenvalue weighted by Crippen LogP contribution is -2.51. The molecule has 3 fully saturated rings. The summed E-state index contributed by atoms with van der Waals surface area (Å²) in [5.74, 6) is 3.19. The van der Waals surface area contributed by atoms with E-state index in [1.165, 1.54) is 71.3 Å². The van der Waals surface area contributed by atoms with Gasteiger partial charge in [0.15, 0.2) is 0 Å². The Morgan fingerprint density at radius 3 is 2.08 bits per heavy atom. The van der Waals surface area contributed by atoms with Crippen LogP contribution in [0, 0.1) is 57.0 Å². The van der Waals surface area contributed by atoms with Gasteiger partial charge in [0.05, 0.1) is 27.6 Å². The average Bonchev–Trinajstić information content (AvgIpc) is 3.42. The number of carbonyl (C=O) groups is 4. The third kappa shape index (κ3) is 9.19. The Bertz CT molecular complexity index is 1590. The van der Waals surface area contributed by atoms with Crippen molar-refractivity contribution in [3.05, 3.63) is 27.9 Å². The molecular formula is C41H57I3N2O7. The normalized spacial score (nSPS) is 30.2. The average molecular weight is 1070 g/mol. The van der Waals surface area contributed by atoms with Crippen molar-refractivity contribution < 1.29 is 33.4 Å². The van der Waals surface area contributed by atoms with E-state index in [1.54, 1.807) is 0 Å². The molecule has 0 bridgehead atoms. The lowest BCUT2D eigenvalue weighted by Gasteiger charge is -2.58. The van der Waals surface area contributed by atoms with Crippen molar-refractivity contribution in [1.82, 2.24) is 0 Å². The first-order valence-electron chi connectivity index (χ1n) is 19.4. The molecule has 12 heteroatoms. The van der Waals surface area contributed by atoms with E-state index in [9.17, 15) is 19.2 Å². The molecule has 0 saturated heterocycles. The van der Waals surface area contributed by atoms with Gasteiger partial charge in [-0.1, -0.05) is 65.5 Å². The largest absolute Gasteiger partial charge is 0.511 e. The van der Waals surface area contributed by atoms with Gasteiger partial charge in [0, 0.05) is 27.2 Å². The number of halogens is 3. The van der Waals surface area contributed by atoms with E-state index in [0.29, 0.717) is 39.8 Å². The molecule has 3 saturated carbocycles. The van der Waals surface area contributed by atoms with Gasteiger partial charge in [0.2, 0.25) is 18.1 Å². The number of nitrogens with one attached hydrogen (secondary N) is 2. The van der Waals surface area contributed by atoms with Crippen molar-refractivity contribution in [2.45, 2.75) is 138 Å². The first-order valence-corrected chi connectivity index (χ1v) is 22.6. The van der Waals surface area contributed by atoms with Gasteiger partial charge in [0.1, 0.15) is 6.10 Å². The zero-order valence-corrected chi connectivity index (χ0v) is 38.9. The van der Waals surface area contributed by atoms with Crippen LogP contribution in [0.3, 0.4) is 0 Å². The first kappa shape index (κ1) is 43.0. The minimum Gasteiger partial charge on any atom is -0.431 e. The van der Waals surface area contributed by atoms with Gasteiger partial charge < -0.3 is 24.8 Å². The van der Waals surface area contributed by atoms with E-state index in [0.717, 1.165) is 48.9 Å². The zero-order chi connectivity index (χ0) is 39.0. The van der Waals surface area contributed by atoms with Crippen LogP contribution in [0.5, 0.6) is 0 Å². The molecule has 9 atom stereocenters. The monoisotopic (exact) mass is 1070 g/mol. The Morgan fingerprint density at radius 1 is 0.830 bits per heavy atom. The number of fused-ring (bicyclic) bond motifs is 5. The summed E-state index contributed by atoms with van der Waals surface area (Å²) in [6.07, 6.45) is 13.1. The fraction of sp³-hybridized carbons (Fsp3) is 0.707. The molecule has 294 valence electrons. The number of allylic oxidation sites excluding steroid dienone is 1. The van der Waals surface area contributed by atoms with E-state index >= 15 is 0 Å². The molecule has 0 aromatic heterocycles. The maximum absolute atomic E-state index is 13.5. The van der Waals surface area contributed by atoms with Crippen LogP contribution in [0.2, 0.25) is 0 Å². The number of hydrogen-bond acceptors (Lipinski definition) is 7. The van der Waals surface area contributed by atoms with Gasteiger partial charge in [-0.05, 0) is 159 Å². The third-order valence-corrected chi connectivity index (χ3v) is 16.4. The van der Waals surface area contributed by atoms with Crippen molar-refractivity contribution in [1.29, 1.82) is 0 Å². The predicted molar refractivity (Wildman–Crippen MR) is 232 cm³/mol. The molecule has 0 heterocycles. The van der Waals surface area contributed by atoms with Crippen LogP contribution in [-0.2, 0) is 23.8 Å². The van der Waals surface area contributed by atoms with Gasteiger partial charge in [-0.2, -0.15) is 0 Å². The SMILES string of the molecule is CC(=O)Nc1c(I)c(NC(C)=O)c(I)c(C(=O)OC(C)OC(=O)O[C@H]2CC[C@@]3(C)C(=CC[C@@H]4C3CC[C@@]3(C)C4CC[C@@H]3[C@H](C)CCCC(C)C)C2)c1I. The van der Waals surface area contributed by atoms with Crippen molar-refractivity contribution in [2.24, 2.45) is 46.3 Å². The smallest absolute Gasteiger partial charge is 0.431 e. The highest BCUT2D eigenvalue weighted by Gasteiger charge is 2.59.